The van der Waals surface area contributed by atoms with Crippen molar-refractivity contribution in [3.8, 4) is 0 Å². The maximum Gasteiger partial charge on any atom is 0.338 e. The van der Waals surface area contributed by atoms with Gasteiger partial charge in [0.1, 0.15) is 12.6 Å². The molecule has 2 aromatic heterocycles. The fourth-order valence-corrected chi connectivity index (χ4v) is 3.10. The lowest BCUT2D eigenvalue weighted by molar-refractivity contribution is -0.140. The number of hydrogen-bond donors (Lipinski definition) is 1. The monoisotopic (exact) mass is 321 g/mol. The standard InChI is InChI=1S/C13H15N5O3S/c1-8-10(12(19)21-6-5-20-2)11(9-4-3-7-22-9)18-13(14-8)15-16-17-18/h3-4,7,11H,5-6H2,1-2H3,(H,14,15,17). The van der Waals surface area contributed by atoms with Gasteiger partial charge in [-0.05, 0) is 28.8 Å². The molecule has 1 aliphatic heterocycles. The minimum absolute atomic E-state index is 0.200. The fraction of sp³-hybridized carbons (Fsp3) is 0.385. The van der Waals surface area contributed by atoms with Gasteiger partial charge in [0.25, 0.3) is 0 Å². The zero-order valence-electron chi connectivity index (χ0n) is 12.1. The third-order valence-corrected chi connectivity index (χ3v) is 4.19. The Hall–Kier alpha value is -2.26. The molecule has 0 radical (unpaired) electrons. The first kappa shape index (κ1) is 14.7. The van der Waals surface area contributed by atoms with Crippen molar-refractivity contribution in [2.45, 2.75) is 13.0 Å². The lowest BCUT2D eigenvalue weighted by Gasteiger charge is -2.26. The molecule has 0 amide bonds. The Labute approximate surface area is 130 Å². The van der Waals surface area contributed by atoms with Gasteiger partial charge >= 0.3 is 5.97 Å². The van der Waals surface area contributed by atoms with Crippen LogP contribution >= 0.6 is 11.3 Å². The van der Waals surface area contributed by atoms with E-state index in [2.05, 4.69) is 20.8 Å². The zero-order chi connectivity index (χ0) is 15.5. The number of carbonyl (C=O) groups is 1. The van der Waals surface area contributed by atoms with Crippen LogP contribution in [0.2, 0.25) is 0 Å². The third kappa shape index (κ3) is 2.60. The Balaban J connectivity index is 1.96. The van der Waals surface area contributed by atoms with Crippen molar-refractivity contribution in [3.05, 3.63) is 33.7 Å². The summed E-state index contributed by atoms with van der Waals surface area (Å²) in [6.07, 6.45) is 0. The highest BCUT2D eigenvalue weighted by atomic mass is 32.1. The molecule has 0 saturated carbocycles. The minimum Gasteiger partial charge on any atom is -0.460 e. The molecule has 3 rings (SSSR count). The molecule has 1 unspecified atom stereocenters. The van der Waals surface area contributed by atoms with E-state index in [0.717, 1.165) is 4.88 Å². The molecular weight excluding hydrogens is 306 g/mol. The number of thiophene rings is 1. The second-order valence-corrected chi connectivity index (χ2v) is 5.64. The number of fused-ring (bicyclic) bond motifs is 1. The van der Waals surface area contributed by atoms with Crippen LogP contribution in [0.3, 0.4) is 0 Å². The van der Waals surface area contributed by atoms with E-state index < -0.39 is 5.97 Å². The molecule has 0 fully saturated rings. The van der Waals surface area contributed by atoms with Crippen LogP contribution in [0.15, 0.2) is 28.8 Å². The van der Waals surface area contributed by atoms with E-state index in [9.17, 15) is 4.79 Å². The largest absolute Gasteiger partial charge is 0.460 e. The van der Waals surface area contributed by atoms with Gasteiger partial charge in [-0.1, -0.05) is 11.2 Å². The van der Waals surface area contributed by atoms with Crippen molar-refractivity contribution in [2.24, 2.45) is 0 Å². The van der Waals surface area contributed by atoms with Gasteiger partial charge in [0, 0.05) is 17.7 Å². The average molecular weight is 321 g/mol. The van der Waals surface area contributed by atoms with Crippen LogP contribution in [0.5, 0.6) is 0 Å². The van der Waals surface area contributed by atoms with Crippen LogP contribution in [-0.2, 0) is 14.3 Å². The molecule has 8 nitrogen and oxygen atoms in total. The molecule has 116 valence electrons. The lowest BCUT2D eigenvalue weighted by Crippen LogP contribution is -2.29. The van der Waals surface area contributed by atoms with E-state index in [4.69, 9.17) is 9.47 Å². The van der Waals surface area contributed by atoms with Crippen molar-refractivity contribution >= 4 is 23.3 Å². The van der Waals surface area contributed by atoms with Gasteiger partial charge in [-0.2, -0.15) is 4.68 Å². The number of rotatable bonds is 5. The molecular formula is C13H15N5O3S. The Morgan fingerprint density at radius 2 is 2.36 bits per heavy atom. The second kappa shape index (κ2) is 6.24. The number of anilines is 1. The highest BCUT2D eigenvalue weighted by molar-refractivity contribution is 7.10. The van der Waals surface area contributed by atoms with Crippen LogP contribution in [0.1, 0.15) is 17.8 Å². The lowest BCUT2D eigenvalue weighted by atomic mass is 10.0. The molecule has 9 heteroatoms. The molecule has 0 aliphatic carbocycles. The number of ether oxygens (including phenoxy) is 2. The van der Waals surface area contributed by atoms with Crippen molar-refractivity contribution in [3.63, 3.8) is 0 Å². The fourth-order valence-electron chi connectivity index (χ4n) is 2.28. The van der Waals surface area contributed by atoms with Gasteiger partial charge in [0.2, 0.25) is 5.95 Å². The van der Waals surface area contributed by atoms with Gasteiger partial charge in [0.05, 0.1) is 12.2 Å². The Bertz CT molecular complexity index is 694. The molecule has 1 atom stereocenters. The quantitative estimate of drug-likeness (QED) is 0.654. The van der Waals surface area contributed by atoms with Gasteiger partial charge < -0.3 is 14.8 Å². The summed E-state index contributed by atoms with van der Waals surface area (Å²) >= 11 is 1.54. The number of nitrogens with zero attached hydrogens (tertiary/aromatic N) is 4. The van der Waals surface area contributed by atoms with E-state index >= 15 is 0 Å². The summed E-state index contributed by atoms with van der Waals surface area (Å²) in [7, 11) is 1.56. The third-order valence-electron chi connectivity index (χ3n) is 3.27. The number of aromatic nitrogens is 4. The maximum atomic E-state index is 12.5. The molecule has 22 heavy (non-hydrogen) atoms. The number of hydrogen-bond acceptors (Lipinski definition) is 8. The highest BCUT2D eigenvalue weighted by Gasteiger charge is 2.35. The van der Waals surface area contributed by atoms with Crippen LogP contribution in [-0.4, -0.2) is 46.5 Å². The summed E-state index contributed by atoms with van der Waals surface area (Å²) in [4.78, 5) is 13.4. The first-order chi connectivity index (χ1) is 10.7. The van der Waals surface area contributed by atoms with Crippen molar-refractivity contribution in [2.75, 3.05) is 25.6 Å². The SMILES string of the molecule is COCCOC(=O)C1=C(C)Nc2nnnn2C1c1cccs1. The number of carbonyl (C=O) groups excluding carboxylic acids is 1. The van der Waals surface area contributed by atoms with Crippen molar-refractivity contribution in [1.29, 1.82) is 0 Å². The number of esters is 1. The number of methoxy groups -OCH3 is 1. The van der Waals surface area contributed by atoms with Gasteiger partial charge in [0.15, 0.2) is 0 Å². The Morgan fingerprint density at radius 1 is 1.50 bits per heavy atom. The molecule has 0 spiro atoms. The van der Waals surface area contributed by atoms with Gasteiger partial charge in [-0.3, -0.25) is 0 Å². The molecule has 0 bridgehead atoms. The second-order valence-electron chi connectivity index (χ2n) is 4.66. The van der Waals surface area contributed by atoms with E-state index in [1.165, 1.54) is 11.3 Å². The Morgan fingerprint density at radius 3 is 3.09 bits per heavy atom. The first-order valence-electron chi connectivity index (χ1n) is 6.67. The number of nitrogens with one attached hydrogen (secondary N) is 1. The topological polar surface area (TPSA) is 91.2 Å². The van der Waals surface area contributed by atoms with E-state index in [1.54, 1.807) is 11.8 Å². The Kier molecular flexibility index (Phi) is 4.16. The smallest absolute Gasteiger partial charge is 0.338 e. The maximum absolute atomic E-state index is 12.5. The summed E-state index contributed by atoms with van der Waals surface area (Å²) < 4.78 is 11.8. The van der Waals surface area contributed by atoms with Crippen LogP contribution in [0.4, 0.5) is 5.95 Å². The molecule has 0 saturated heterocycles. The van der Waals surface area contributed by atoms with Crippen LogP contribution in [0, 0.1) is 0 Å². The molecule has 1 aliphatic rings. The van der Waals surface area contributed by atoms with E-state index in [0.29, 0.717) is 23.8 Å². The molecule has 3 heterocycles. The van der Waals surface area contributed by atoms with Crippen molar-refractivity contribution in [1.82, 2.24) is 20.2 Å². The first-order valence-corrected chi connectivity index (χ1v) is 7.55. The number of tetrazole rings is 1. The summed E-state index contributed by atoms with van der Waals surface area (Å²) in [5.41, 5.74) is 1.18. The molecule has 0 aromatic carbocycles. The average Bonchev–Trinajstić information content (AvgIpc) is 3.16. The van der Waals surface area contributed by atoms with Crippen LogP contribution < -0.4 is 5.32 Å². The summed E-state index contributed by atoms with van der Waals surface area (Å²) in [5.74, 6) is 0.103. The van der Waals surface area contributed by atoms with Gasteiger partial charge in [-0.15, -0.1) is 11.3 Å². The molecule has 2 aromatic rings. The van der Waals surface area contributed by atoms with Crippen molar-refractivity contribution < 1.29 is 14.3 Å². The van der Waals surface area contributed by atoms with E-state index in [-0.39, 0.29) is 12.6 Å². The predicted octanol–water partition coefficient (Wildman–Crippen LogP) is 1.21. The summed E-state index contributed by atoms with van der Waals surface area (Å²) in [6, 6.07) is 3.48. The van der Waals surface area contributed by atoms with Crippen LogP contribution in [0.25, 0.3) is 0 Å². The predicted molar refractivity (Wildman–Crippen MR) is 79.4 cm³/mol. The minimum atomic E-state index is -0.401. The summed E-state index contributed by atoms with van der Waals surface area (Å²) in [5, 5.41) is 16.6. The zero-order valence-corrected chi connectivity index (χ0v) is 13.0. The summed E-state index contributed by atoms with van der Waals surface area (Å²) in [6.45, 7) is 2.36. The highest BCUT2D eigenvalue weighted by Crippen LogP contribution is 2.36. The normalized spacial score (nSPS) is 17.1. The molecule has 1 N–H and O–H groups in total. The van der Waals surface area contributed by atoms with Gasteiger partial charge in [-0.25, -0.2) is 4.79 Å². The number of allylic oxidation sites excluding steroid dienone is 1. The van der Waals surface area contributed by atoms with E-state index in [1.807, 2.05) is 24.4 Å².